The van der Waals surface area contributed by atoms with Gasteiger partial charge in [0.05, 0.1) is 4.90 Å². The van der Waals surface area contributed by atoms with Crippen molar-refractivity contribution < 1.29 is 18.0 Å². The minimum absolute atomic E-state index is 0.102. The van der Waals surface area contributed by atoms with Crippen LogP contribution in [-0.4, -0.2) is 37.6 Å². The largest absolute Gasteiger partial charge is 0.344 e. The van der Waals surface area contributed by atoms with E-state index in [2.05, 4.69) is 10.6 Å². The maximum Gasteiger partial charge on any atom is 0.313 e. The zero-order valence-electron chi connectivity index (χ0n) is 15.9. The maximum absolute atomic E-state index is 12.5. The van der Waals surface area contributed by atoms with E-state index in [4.69, 9.17) is 11.6 Å². The predicted octanol–water partition coefficient (Wildman–Crippen LogP) is 2.69. The monoisotopic (exact) mass is 435 g/mol. The Balaban J connectivity index is 1.57. The number of halogens is 1. The van der Waals surface area contributed by atoms with Crippen molar-refractivity contribution >= 4 is 39.1 Å². The molecule has 0 aromatic heterocycles. The van der Waals surface area contributed by atoms with E-state index in [1.165, 1.54) is 16.4 Å². The van der Waals surface area contributed by atoms with Crippen molar-refractivity contribution in [2.45, 2.75) is 31.2 Å². The van der Waals surface area contributed by atoms with Crippen molar-refractivity contribution in [2.24, 2.45) is 0 Å². The molecule has 1 aliphatic rings. The molecule has 1 aliphatic heterocycles. The zero-order valence-corrected chi connectivity index (χ0v) is 17.5. The number of nitrogens with zero attached hydrogens (tertiary/aromatic N) is 1. The van der Waals surface area contributed by atoms with E-state index in [1.807, 2.05) is 0 Å². The number of aryl methyl sites for hydroxylation is 1. The lowest BCUT2D eigenvalue weighted by Crippen LogP contribution is -2.35. The SMILES string of the molecule is Cc1ccc(Cl)cc1NC(=O)C(=O)NCc1ccc(S(=O)(=O)N2CCCC2)cc1. The molecule has 29 heavy (non-hydrogen) atoms. The van der Waals surface area contributed by atoms with Crippen LogP contribution in [0.5, 0.6) is 0 Å². The fourth-order valence-electron chi connectivity index (χ4n) is 3.03. The van der Waals surface area contributed by atoms with Gasteiger partial charge in [-0.1, -0.05) is 29.8 Å². The second kappa shape index (κ2) is 8.94. The molecule has 0 radical (unpaired) electrons. The smallest absolute Gasteiger partial charge is 0.313 e. The summed E-state index contributed by atoms with van der Waals surface area (Å²) in [4.78, 5) is 24.4. The molecule has 154 valence electrons. The van der Waals surface area contributed by atoms with Crippen molar-refractivity contribution in [3.63, 3.8) is 0 Å². The Bertz CT molecular complexity index is 1020. The Hall–Kier alpha value is -2.42. The van der Waals surface area contributed by atoms with Crippen LogP contribution < -0.4 is 10.6 Å². The van der Waals surface area contributed by atoms with E-state index in [0.29, 0.717) is 29.4 Å². The first-order chi connectivity index (χ1) is 13.8. The number of nitrogens with one attached hydrogen (secondary N) is 2. The Morgan fingerprint density at radius 2 is 1.69 bits per heavy atom. The summed E-state index contributed by atoms with van der Waals surface area (Å²) < 4.78 is 26.5. The summed E-state index contributed by atoms with van der Waals surface area (Å²) in [6, 6.07) is 11.3. The first-order valence-electron chi connectivity index (χ1n) is 9.22. The highest BCUT2D eigenvalue weighted by molar-refractivity contribution is 7.89. The standard InChI is InChI=1S/C20H22ClN3O4S/c1-14-4-7-16(21)12-18(14)23-20(26)19(25)22-13-15-5-8-17(9-6-15)29(27,28)24-10-2-3-11-24/h4-9,12H,2-3,10-11,13H2,1H3,(H,22,25)(H,23,26). The van der Waals surface area contributed by atoms with Crippen LogP contribution in [0, 0.1) is 6.92 Å². The van der Waals surface area contributed by atoms with Crippen molar-refractivity contribution in [3.05, 3.63) is 58.6 Å². The van der Waals surface area contributed by atoms with Gasteiger partial charge in [-0.2, -0.15) is 4.31 Å². The molecule has 1 saturated heterocycles. The molecule has 3 rings (SSSR count). The van der Waals surface area contributed by atoms with Gasteiger partial charge in [-0.3, -0.25) is 9.59 Å². The van der Waals surface area contributed by atoms with Crippen LogP contribution in [-0.2, 0) is 26.2 Å². The third kappa shape index (κ3) is 5.14. The molecule has 7 nitrogen and oxygen atoms in total. The molecule has 0 atom stereocenters. The highest BCUT2D eigenvalue weighted by Crippen LogP contribution is 2.21. The molecule has 2 aromatic carbocycles. The van der Waals surface area contributed by atoms with Crippen molar-refractivity contribution in [1.82, 2.24) is 9.62 Å². The Labute approximate surface area is 175 Å². The van der Waals surface area contributed by atoms with E-state index >= 15 is 0 Å². The summed E-state index contributed by atoms with van der Waals surface area (Å²) in [7, 11) is -3.47. The van der Waals surface area contributed by atoms with E-state index in [-0.39, 0.29) is 11.4 Å². The molecule has 9 heteroatoms. The van der Waals surface area contributed by atoms with Crippen LogP contribution in [0.2, 0.25) is 5.02 Å². The Kier molecular flexibility index (Phi) is 6.56. The van der Waals surface area contributed by atoms with Gasteiger partial charge in [0.15, 0.2) is 0 Å². The second-order valence-electron chi connectivity index (χ2n) is 6.85. The first-order valence-corrected chi connectivity index (χ1v) is 11.0. The lowest BCUT2D eigenvalue weighted by Gasteiger charge is -2.15. The van der Waals surface area contributed by atoms with E-state index in [1.54, 1.807) is 37.3 Å². The van der Waals surface area contributed by atoms with Gasteiger partial charge in [-0.25, -0.2) is 8.42 Å². The molecule has 2 amide bonds. The third-order valence-electron chi connectivity index (χ3n) is 4.73. The summed E-state index contributed by atoms with van der Waals surface area (Å²) in [5.74, 6) is -1.60. The van der Waals surface area contributed by atoms with Crippen molar-refractivity contribution in [1.29, 1.82) is 0 Å². The molecular formula is C20H22ClN3O4S. The highest BCUT2D eigenvalue weighted by atomic mass is 35.5. The minimum Gasteiger partial charge on any atom is -0.344 e. The third-order valence-corrected chi connectivity index (χ3v) is 6.88. The second-order valence-corrected chi connectivity index (χ2v) is 9.23. The molecule has 0 spiro atoms. The predicted molar refractivity (Wildman–Crippen MR) is 111 cm³/mol. The van der Waals surface area contributed by atoms with Crippen LogP contribution in [0.1, 0.15) is 24.0 Å². The van der Waals surface area contributed by atoms with Gasteiger partial charge in [0.2, 0.25) is 10.0 Å². The van der Waals surface area contributed by atoms with E-state index < -0.39 is 21.8 Å². The zero-order chi connectivity index (χ0) is 21.0. The molecule has 2 N–H and O–H groups in total. The van der Waals surface area contributed by atoms with Crippen LogP contribution >= 0.6 is 11.6 Å². The summed E-state index contributed by atoms with van der Waals surface area (Å²) in [5, 5.41) is 5.50. The maximum atomic E-state index is 12.5. The lowest BCUT2D eigenvalue weighted by atomic mass is 10.2. The summed E-state index contributed by atoms with van der Waals surface area (Å²) in [6.07, 6.45) is 1.75. The van der Waals surface area contributed by atoms with Crippen LogP contribution in [0.25, 0.3) is 0 Å². The van der Waals surface area contributed by atoms with Gasteiger partial charge >= 0.3 is 11.8 Å². The number of benzene rings is 2. The number of sulfonamides is 1. The summed E-state index contributed by atoms with van der Waals surface area (Å²) in [5.41, 5.74) is 1.94. The average Bonchev–Trinajstić information content (AvgIpc) is 3.25. The minimum atomic E-state index is -3.47. The van der Waals surface area contributed by atoms with Crippen molar-refractivity contribution in [3.8, 4) is 0 Å². The Morgan fingerprint density at radius 3 is 2.34 bits per heavy atom. The van der Waals surface area contributed by atoms with Gasteiger partial charge in [0, 0.05) is 30.3 Å². The first kappa shape index (κ1) is 21.3. The number of hydrogen-bond acceptors (Lipinski definition) is 4. The van der Waals surface area contributed by atoms with Crippen LogP contribution in [0.4, 0.5) is 5.69 Å². The number of carbonyl (C=O) groups is 2. The number of hydrogen-bond donors (Lipinski definition) is 2. The average molecular weight is 436 g/mol. The summed E-state index contributed by atoms with van der Waals surface area (Å²) in [6.45, 7) is 2.98. The van der Waals surface area contributed by atoms with Crippen LogP contribution in [0.3, 0.4) is 0 Å². The Morgan fingerprint density at radius 1 is 1.03 bits per heavy atom. The van der Waals surface area contributed by atoms with E-state index in [9.17, 15) is 18.0 Å². The number of anilines is 1. The van der Waals surface area contributed by atoms with Gasteiger partial charge < -0.3 is 10.6 Å². The fraction of sp³-hybridized carbons (Fsp3) is 0.300. The van der Waals surface area contributed by atoms with Gasteiger partial charge in [-0.05, 0) is 55.2 Å². The summed E-state index contributed by atoms with van der Waals surface area (Å²) >= 11 is 5.91. The molecule has 1 fully saturated rings. The lowest BCUT2D eigenvalue weighted by molar-refractivity contribution is -0.136. The molecule has 0 saturated carbocycles. The quantitative estimate of drug-likeness (QED) is 0.706. The number of amides is 2. The topological polar surface area (TPSA) is 95.6 Å². The molecule has 0 aliphatic carbocycles. The molecule has 0 bridgehead atoms. The van der Waals surface area contributed by atoms with E-state index in [0.717, 1.165) is 18.4 Å². The highest BCUT2D eigenvalue weighted by Gasteiger charge is 2.26. The molecule has 0 unspecified atom stereocenters. The number of rotatable bonds is 5. The van der Waals surface area contributed by atoms with Crippen molar-refractivity contribution in [2.75, 3.05) is 18.4 Å². The fourth-order valence-corrected chi connectivity index (χ4v) is 4.72. The number of carbonyl (C=O) groups excluding carboxylic acids is 2. The van der Waals surface area contributed by atoms with Gasteiger partial charge in [0.1, 0.15) is 0 Å². The van der Waals surface area contributed by atoms with Gasteiger partial charge in [0.25, 0.3) is 0 Å². The molecule has 1 heterocycles. The normalized spacial score (nSPS) is 14.6. The van der Waals surface area contributed by atoms with Crippen LogP contribution in [0.15, 0.2) is 47.4 Å². The molecular weight excluding hydrogens is 414 g/mol. The molecule has 2 aromatic rings. The van der Waals surface area contributed by atoms with Gasteiger partial charge in [-0.15, -0.1) is 0 Å².